The number of carbonyl (C=O) groups excluding carboxylic acids is 1. The normalized spacial score (nSPS) is 22.6. The summed E-state index contributed by atoms with van der Waals surface area (Å²) < 4.78 is 14.7. The van der Waals surface area contributed by atoms with Gasteiger partial charge in [-0.2, -0.15) is 0 Å². The van der Waals surface area contributed by atoms with Crippen molar-refractivity contribution in [1.29, 1.82) is 0 Å². The van der Waals surface area contributed by atoms with Crippen molar-refractivity contribution in [3.63, 3.8) is 0 Å². The number of rotatable bonds is 1. The van der Waals surface area contributed by atoms with Crippen molar-refractivity contribution < 1.29 is 19.0 Å². The first-order valence-corrected chi connectivity index (χ1v) is 3.10. The van der Waals surface area contributed by atoms with Gasteiger partial charge in [-0.15, -0.1) is 0 Å². The minimum Gasteiger partial charge on any atom is -0.408 e. The van der Waals surface area contributed by atoms with E-state index in [1.165, 1.54) is 6.92 Å². The van der Waals surface area contributed by atoms with Gasteiger partial charge in [0, 0.05) is 13.8 Å². The molecule has 4 nitrogen and oxygen atoms in total. The first kappa shape index (κ1) is 7.50. The Morgan fingerprint density at radius 3 is 2.40 bits per heavy atom. The Balaban J connectivity index is 2.43. The van der Waals surface area contributed by atoms with Crippen molar-refractivity contribution in [3.8, 4) is 0 Å². The lowest BCUT2D eigenvalue weighted by atomic mass is 10.6. The summed E-state index contributed by atoms with van der Waals surface area (Å²) in [5.41, 5.74) is 0. The standard InChI is InChI=1S/C6H10O4/c1-5(7)10-6(2)8-3-4-9-6/h3-4H2,1-2H3. The van der Waals surface area contributed by atoms with E-state index in [1.54, 1.807) is 6.92 Å². The smallest absolute Gasteiger partial charge is 0.326 e. The number of carbonyl (C=O) groups is 1. The molecule has 1 heterocycles. The van der Waals surface area contributed by atoms with Crippen LogP contribution in [0.4, 0.5) is 0 Å². The molecule has 1 aliphatic rings. The molecular weight excluding hydrogens is 136 g/mol. The molecule has 0 amide bonds. The highest BCUT2D eigenvalue weighted by molar-refractivity contribution is 5.66. The molecule has 4 heteroatoms. The molecule has 1 fully saturated rings. The molecule has 0 radical (unpaired) electrons. The largest absolute Gasteiger partial charge is 0.408 e. The highest BCUT2D eigenvalue weighted by atomic mass is 16.9. The molecule has 0 spiro atoms. The van der Waals surface area contributed by atoms with Crippen molar-refractivity contribution in [2.75, 3.05) is 13.2 Å². The van der Waals surface area contributed by atoms with Gasteiger partial charge in [0.15, 0.2) is 0 Å². The summed E-state index contributed by atoms with van der Waals surface area (Å²) in [6.07, 6.45) is 0. The van der Waals surface area contributed by atoms with E-state index in [1.807, 2.05) is 0 Å². The second kappa shape index (κ2) is 2.56. The van der Waals surface area contributed by atoms with Crippen molar-refractivity contribution in [1.82, 2.24) is 0 Å². The molecule has 1 rings (SSSR count). The quantitative estimate of drug-likeness (QED) is 0.498. The second-order valence-electron chi connectivity index (χ2n) is 2.15. The third-order valence-electron chi connectivity index (χ3n) is 1.14. The third-order valence-corrected chi connectivity index (χ3v) is 1.14. The summed E-state index contributed by atoms with van der Waals surface area (Å²) in [5.74, 6) is -1.53. The molecule has 1 saturated heterocycles. The van der Waals surface area contributed by atoms with Crippen LogP contribution in [0.5, 0.6) is 0 Å². The Morgan fingerprint density at radius 2 is 2.00 bits per heavy atom. The van der Waals surface area contributed by atoms with Crippen molar-refractivity contribution in [2.24, 2.45) is 0 Å². The maximum Gasteiger partial charge on any atom is 0.326 e. The van der Waals surface area contributed by atoms with Crippen LogP contribution in [0.2, 0.25) is 0 Å². The zero-order chi connectivity index (χ0) is 7.61. The maximum absolute atomic E-state index is 10.4. The fraction of sp³-hybridized carbons (Fsp3) is 0.833. The molecule has 0 saturated carbocycles. The van der Waals surface area contributed by atoms with Gasteiger partial charge in [0.2, 0.25) is 0 Å². The van der Waals surface area contributed by atoms with E-state index in [0.717, 1.165) is 0 Å². The van der Waals surface area contributed by atoms with E-state index >= 15 is 0 Å². The van der Waals surface area contributed by atoms with Crippen molar-refractivity contribution in [2.45, 2.75) is 19.8 Å². The van der Waals surface area contributed by atoms with Crippen LogP contribution in [0, 0.1) is 0 Å². The first-order chi connectivity index (χ1) is 4.62. The molecule has 0 N–H and O–H groups in total. The van der Waals surface area contributed by atoms with Gasteiger partial charge in [-0.1, -0.05) is 0 Å². The predicted octanol–water partition coefficient (Wildman–Crippen LogP) is 0.270. The van der Waals surface area contributed by atoms with Gasteiger partial charge >= 0.3 is 11.9 Å². The van der Waals surface area contributed by atoms with Gasteiger partial charge in [-0.25, -0.2) is 0 Å². The average Bonchev–Trinajstić information content (AvgIpc) is 2.12. The Morgan fingerprint density at radius 1 is 1.50 bits per heavy atom. The van der Waals surface area contributed by atoms with Gasteiger partial charge in [0.1, 0.15) is 0 Å². The number of esters is 1. The second-order valence-corrected chi connectivity index (χ2v) is 2.15. The van der Waals surface area contributed by atoms with Gasteiger partial charge in [-0.05, 0) is 0 Å². The Kier molecular flexibility index (Phi) is 1.92. The lowest BCUT2D eigenvalue weighted by Gasteiger charge is -2.20. The van der Waals surface area contributed by atoms with Gasteiger partial charge in [0.25, 0.3) is 0 Å². The summed E-state index contributed by atoms with van der Waals surface area (Å²) in [6, 6.07) is 0. The monoisotopic (exact) mass is 146 g/mol. The van der Waals surface area contributed by atoms with Crippen LogP contribution < -0.4 is 0 Å². The summed E-state index contributed by atoms with van der Waals surface area (Å²) in [5, 5.41) is 0. The summed E-state index contributed by atoms with van der Waals surface area (Å²) >= 11 is 0. The van der Waals surface area contributed by atoms with Crippen molar-refractivity contribution in [3.05, 3.63) is 0 Å². The Labute approximate surface area is 59.1 Å². The van der Waals surface area contributed by atoms with Gasteiger partial charge in [-0.3, -0.25) is 4.79 Å². The van der Waals surface area contributed by atoms with Crippen LogP contribution in [-0.4, -0.2) is 25.2 Å². The molecule has 1 aliphatic heterocycles. The lowest BCUT2D eigenvalue weighted by Crippen LogP contribution is -2.31. The van der Waals surface area contributed by atoms with Crippen LogP contribution in [-0.2, 0) is 19.0 Å². The molecule has 0 aromatic heterocycles. The van der Waals surface area contributed by atoms with E-state index in [-0.39, 0.29) is 0 Å². The van der Waals surface area contributed by atoms with E-state index in [2.05, 4.69) is 0 Å². The number of ether oxygens (including phenoxy) is 3. The highest BCUT2D eigenvalue weighted by Crippen LogP contribution is 2.19. The topological polar surface area (TPSA) is 44.8 Å². The van der Waals surface area contributed by atoms with Crippen LogP contribution in [0.15, 0.2) is 0 Å². The number of hydrogen-bond donors (Lipinski definition) is 0. The van der Waals surface area contributed by atoms with Crippen LogP contribution in [0.1, 0.15) is 13.8 Å². The maximum atomic E-state index is 10.4. The van der Waals surface area contributed by atoms with Crippen molar-refractivity contribution >= 4 is 5.97 Å². The molecule has 0 aliphatic carbocycles. The Hall–Kier alpha value is -0.610. The third kappa shape index (κ3) is 1.68. The fourth-order valence-electron chi connectivity index (χ4n) is 0.816. The van der Waals surface area contributed by atoms with Gasteiger partial charge < -0.3 is 14.2 Å². The van der Waals surface area contributed by atoms with Gasteiger partial charge in [0.05, 0.1) is 13.2 Å². The Bertz CT molecular complexity index is 137. The summed E-state index contributed by atoms with van der Waals surface area (Å²) in [4.78, 5) is 10.4. The summed E-state index contributed by atoms with van der Waals surface area (Å²) in [7, 11) is 0. The van der Waals surface area contributed by atoms with E-state index < -0.39 is 11.9 Å². The SMILES string of the molecule is CC(=O)OC1(C)OCCO1. The van der Waals surface area contributed by atoms with E-state index in [4.69, 9.17) is 14.2 Å². The average molecular weight is 146 g/mol. The summed E-state index contributed by atoms with van der Waals surface area (Å²) in [6.45, 7) is 3.84. The molecule has 10 heavy (non-hydrogen) atoms. The van der Waals surface area contributed by atoms with Crippen LogP contribution in [0.3, 0.4) is 0 Å². The lowest BCUT2D eigenvalue weighted by molar-refractivity contribution is -0.300. The molecule has 0 aromatic rings. The zero-order valence-electron chi connectivity index (χ0n) is 6.05. The molecule has 0 aromatic carbocycles. The first-order valence-electron chi connectivity index (χ1n) is 3.10. The minimum absolute atomic E-state index is 0.399. The van der Waals surface area contributed by atoms with Crippen LogP contribution in [0.25, 0.3) is 0 Å². The minimum atomic E-state index is -1.13. The fourth-order valence-corrected chi connectivity index (χ4v) is 0.816. The zero-order valence-corrected chi connectivity index (χ0v) is 6.05. The van der Waals surface area contributed by atoms with E-state index in [9.17, 15) is 4.79 Å². The predicted molar refractivity (Wildman–Crippen MR) is 32.1 cm³/mol. The molecule has 0 unspecified atom stereocenters. The van der Waals surface area contributed by atoms with Crippen LogP contribution >= 0.6 is 0 Å². The van der Waals surface area contributed by atoms with E-state index in [0.29, 0.717) is 13.2 Å². The molecule has 0 bridgehead atoms. The highest BCUT2D eigenvalue weighted by Gasteiger charge is 2.34. The molecule has 0 atom stereocenters. The molecular formula is C6H10O4. The molecule has 58 valence electrons. The number of hydrogen-bond acceptors (Lipinski definition) is 4.